The Bertz CT molecular complexity index is 1320. The van der Waals surface area contributed by atoms with Crippen LogP contribution in [0.3, 0.4) is 0 Å². The maximum Gasteiger partial charge on any atom is 0.256 e. The average molecular weight is 465 g/mol. The Hall–Kier alpha value is -2.97. The fourth-order valence-electron chi connectivity index (χ4n) is 4.72. The molecule has 32 heavy (non-hydrogen) atoms. The number of benzene rings is 2. The molecule has 0 aliphatic carbocycles. The van der Waals surface area contributed by atoms with Crippen molar-refractivity contribution in [1.82, 2.24) is 24.9 Å². The molecule has 4 aromatic rings. The van der Waals surface area contributed by atoms with Gasteiger partial charge in [0.1, 0.15) is 0 Å². The van der Waals surface area contributed by atoms with E-state index in [0.717, 1.165) is 52.0 Å². The summed E-state index contributed by atoms with van der Waals surface area (Å²) in [4.78, 5) is 24.2. The molecule has 2 saturated heterocycles. The fourth-order valence-corrected chi connectivity index (χ4v) is 5.99. The number of likely N-dealkylation sites (tertiary alicyclic amines) is 1. The molecule has 0 N–H and O–H groups in total. The maximum atomic E-state index is 13.6. The molecule has 2 aliphatic heterocycles. The second-order valence-corrected chi connectivity index (χ2v) is 9.91. The molecule has 9 heteroatoms. The highest BCUT2D eigenvalue weighted by molar-refractivity contribution is 7.22. The molecular weight excluding hydrogens is 444 g/mol. The number of thiazole rings is 1. The Labute approximate surface area is 194 Å². The number of rotatable bonds is 3. The number of amides is 1. The Morgan fingerprint density at radius 1 is 1.12 bits per heavy atom. The van der Waals surface area contributed by atoms with Crippen LogP contribution in [0.5, 0.6) is 0 Å². The van der Waals surface area contributed by atoms with Gasteiger partial charge in [-0.15, -0.1) is 0 Å². The molecule has 2 aromatic heterocycles. The minimum absolute atomic E-state index is 0.0418. The van der Waals surface area contributed by atoms with Crippen molar-refractivity contribution in [3.63, 3.8) is 0 Å². The average Bonchev–Trinajstić information content (AvgIpc) is 3.44. The van der Waals surface area contributed by atoms with Crippen LogP contribution in [0.1, 0.15) is 22.3 Å². The zero-order valence-corrected chi connectivity index (χ0v) is 19.1. The third kappa shape index (κ3) is 3.25. The Kier molecular flexibility index (Phi) is 4.66. The van der Waals surface area contributed by atoms with E-state index in [1.807, 2.05) is 48.2 Å². The van der Waals surface area contributed by atoms with E-state index in [9.17, 15) is 4.79 Å². The van der Waals surface area contributed by atoms with Gasteiger partial charge >= 0.3 is 0 Å². The van der Waals surface area contributed by atoms with Crippen LogP contribution >= 0.6 is 22.9 Å². The Balaban J connectivity index is 1.26. The normalized spacial score (nSPS) is 20.3. The van der Waals surface area contributed by atoms with Crippen molar-refractivity contribution in [1.29, 1.82) is 0 Å². The summed E-state index contributed by atoms with van der Waals surface area (Å²) in [5.74, 6) is 0.579. The van der Waals surface area contributed by atoms with Crippen molar-refractivity contribution < 1.29 is 4.79 Å². The lowest BCUT2D eigenvalue weighted by Crippen LogP contribution is -2.65. The molecule has 1 amide bonds. The summed E-state index contributed by atoms with van der Waals surface area (Å²) in [7, 11) is 0. The number of halogens is 1. The van der Waals surface area contributed by atoms with E-state index in [4.69, 9.17) is 16.6 Å². The smallest absolute Gasteiger partial charge is 0.256 e. The van der Waals surface area contributed by atoms with Crippen LogP contribution in [-0.2, 0) is 0 Å². The molecule has 2 fully saturated rings. The molecule has 2 aromatic carbocycles. The van der Waals surface area contributed by atoms with Gasteiger partial charge in [0.15, 0.2) is 5.13 Å². The summed E-state index contributed by atoms with van der Waals surface area (Å²) in [6.07, 6.45) is 4.31. The third-order valence-electron chi connectivity index (χ3n) is 6.44. The van der Waals surface area contributed by atoms with Gasteiger partial charge in [0, 0.05) is 30.6 Å². The van der Waals surface area contributed by atoms with E-state index in [2.05, 4.69) is 15.1 Å². The lowest BCUT2D eigenvalue weighted by atomic mass is 9.82. The fraction of sp³-hybridized carbons (Fsp3) is 0.304. The first kappa shape index (κ1) is 19.7. The van der Waals surface area contributed by atoms with Crippen molar-refractivity contribution in [2.75, 3.05) is 24.5 Å². The van der Waals surface area contributed by atoms with E-state index >= 15 is 0 Å². The standard InChI is InChI=1S/C23H21ClN6OS/c1-14-2-5-19(30-25-7-8-26-30)17(10-14)22(31)29-12-15-6-9-28(13-20(15)29)23-27-18-4-3-16(24)11-21(18)32-23/h2-5,7-8,10-11,15,20H,6,9,12-13H2,1H3/t15-,20-/m0/s1. The highest BCUT2D eigenvalue weighted by Crippen LogP contribution is 2.38. The SMILES string of the molecule is Cc1ccc(-n2nccn2)c(C(=O)N2C[C@@H]3CCN(c4nc5ccc(Cl)cc5s4)C[C@@H]32)c1. The van der Waals surface area contributed by atoms with Gasteiger partial charge in [-0.25, -0.2) is 4.98 Å². The predicted octanol–water partition coefficient (Wildman–Crippen LogP) is 4.19. The van der Waals surface area contributed by atoms with E-state index in [1.165, 1.54) is 4.80 Å². The predicted molar refractivity (Wildman–Crippen MR) is 126 cm³/mol. The second kappa shape index (κ2) is 7.56. The molecule has 0 bridgehead atoms. The number of fused-ring (bicyclic) bond motifs is 2. The van der Waals surface area contributed by atoms with Gasteiger partial charge in [0.05, 0.1) is 39.9 Å². The van der Waals surface area contributed by atoms with Crippen LogP contribution in [0.4, 0.5) is 5.13 Å². The largest absolute Gasteiger partial charge is 0.346 e. The molecule has 0 radical (unpaired) electrons. The topological polar surface area (TPSA) is 67.2 Å². The van der Waals surface area contributed by atoms with Gasteiger partial charge in [0.2, 0.25) is 0 Å². The van der Waals surface area contributed by atoms with E-state index < -0.39 is 0 Å². The van der Waals surface area contributed by atoms with E-state index in [-0.39, 0.29) is 11.9 Å². The lowest BCUT2D eigenvalue weighted by Gasteiger charge is -2.53. The molecule has 4 heterocycles. The number of piperidine rings is 1. The first-order valence-corrected chi connectivity index (χ1v) is 11.9. The minimum atomic E-state index is 0.0418. The first-order chi connectivity index (χ1) is 15.6. The van der Waals surface area contributed by atoms with E-state index in [0.29, 0.717) is 17.2 Å². The summed E-state index contributed by atoms with van der Waals surface area (Å²) >= 11 is 7.81. The van der Waals surface area contributed by atoms with Crippen LogP contribution in [0.2, 0.25) is 5.02 Å². The Morgan fingerprint density at radius 3 is 2.81 bits per heavy atom. The third-order valence-corrected chi connectivity index (χ3v) is 7.75. The molecule has 2 atom stereocenters. The van der Waals surface area contributed by atoms with Crippen LogP contribution in [-0.4, -0.2) is 56.5 Å². The van der Waals surface area contributed by atoms with Gasteiger partial charge in [-0.2, -0.15) is 15.0 Å². The molecule has 6 rings (SSSR count). The zero-order valence-electron chi connectivity index (χ0n) is 17.5. The number of aryl methyl sites for hydroxylation is 1. The second-order valence-electron chi connectivity index (χ2n) is 8.47. The summed E-state index contributed by atoms with van der Waals surface area (Å²) in [5.41, 5.74) is 3.37. The summed E-state index contributed by atoms with van der Waals surface area (Å²) in [6, 6.07) is 11.8. The molecule has 0 unspecified atom stereocenters. The Morgan fingerprint density at radius 2 is 1.97 bits per heavy atom. The van der Waals surface area contributed by atoms with Gasteiger partial charge in [0.25, 0.3) is 5.91 Å². The number of nitrogens with zero attached hydrogens (tertiary/aromatic N) is 6. The lowest BCUT2D eigenvalue weighted by molar-refractivity contribution is 0.00788. The number of carbonyl (C=O) groups is 1. The quantitative estimate of drug-likeness (QED) is 0.454. The number of carbonyl (C=O) groups excluding carboxylic acids is 1. The minimum Gasteiger partial charge on any atom is -0.346 e. The van der Waals surface area contributed by atoms with Gasteiger partial charge in [-0.3, -0.25) is 4.79 Å². The van der Waals surface area contributed by atoms with Crippen LogP contribution in [0.15, 0.2) is 48.8 Å². The monoisotopic (exact) mass is 464 g/mol. The van der Waals surface area contributed by atoms with Crippen molar-refractivity contribution >= 4 is 44.2 Å². The van der Waals surface area contributed by atoms with Crippen molar-refractivity contribution in [3.05, 3.63) is 64.9 Å². The zero-order chi connectivity index (χ0) is 21.8. The summed E-state index contributed by atoms with van der Waals surface area (Å²) in [6.45, 7) is 4.55. The summed E-state index contributed by atoms with van der Waals surface area (Å²) in [5, 5.41) is 10.2. The van der Waals surface area contributed by atoms with E-state index in [1.54, 1.807) is 23.7 Å². The molecule has 0 saturated carbocycles. The molecular formula is C23H21ClN6OS. The van der Waals surface area contributed by atoms with Crippen molar-refractivity contribution in [3.8, 4) is 5.69 Å². The van der Waals surface area contributed by atoms with Gasteiger partial charge in [-0.05, 0) is 43.7 Å². The van der Waals surface area contributed by atoms with Gasteiger partial charge in [-0.1, -0.05) is 34.6 Å². The number of aromatic nitrogens is 4. The summed E-state index contributed by atoms with van der Waals surface area (Å²) < 4.78 is 1.09. The molecule has 2 aliphatic rings. The molecule has 7 nitrogen and oxygen atoms in total. The van der Waals surface area contributed by atoms with Crippen LogP contribution in [0, 0.1) is 12.8 Å². The van der Waals surface area contributed by atoms with Crippen molar-refractivity contribution in [2.24, 2.45) is 5.92 Å². The maximum absolute atomic E-state index is 13.6. The van der Waals surface area contributed by atoms with Crippen LogP contribution < -0.4 is 4.90 Å². The highest BCUT2D eigenvalue weighted by Gasteiger charge is 2.46. The highest BCUT2D eigenvalue weighted by atomic mass is 35.5. The number of hydrogen-bond acceptors (Lipinski definition) is 6. The number of hydrogen-bond donors (Lipinski definition) is 0. The molecule has 0 spiro atoms. The molecule has 162 valence electrons. The van der Waals surface area contributed by atoms with Gasteiger partial charge < -0.3 is 9.80 Å². The van der Waals surface area contributed by atoms with Crippen LogP contribution in [0.25, 0.3) is 15.9 Å². The first-order valence-electron chi connectivity index (χ1n) is 10.7. The van der Waals surface area contributed by atoms with Crippen molar-refractivity contribution in [2.45, 2.75) is 19.4 Å². The number of anilines is 1.